The van der Waals surface area contributed by atoms with Gasteiger partial charge >= 0.3 is 5.97 Å². The van der Waals surface area contributed by atoms with Gasteiger partial charge in [0.05, 0.1) is 0 Å². The second kappa shape index (κ2) is 4.02. The van der Waals surface area contributed by atoms with Gasteiger partial charge in [0.1, 0.15) is 6.04 Å². The smallest absolute Gasteiger partial charge is 0.320 e. The van der Waals surface area contributed by atoms with Gasteiger partial charge in [0.15, 0.2) is 0 Å². The zero-order chi connectivity index (χ0) is 9.14. The molecule has 0 spiro atoms. The van der Waals surface area contributed by atoms with Gasteiger partial charge in [-0.2, -0.15) is 11.3 Å². The van der Waals surface area contributed by atoms with Crippen LogP contribution in [0.2, 0.25) is 0 Å². The molecule has 12 heavy (non-hydrogen) atoms. The van der Waals surface area contributed by atoms with Gasteiger partial charge in [-0.1, -0.05) is 0 Å². The number of hydrogen-bond acceptors (Lipinski definition) is 3. The highest BCUT2D eigenvalue weighted by molar-refractivity contribution is 9.10. The fourth-order valence-corrected chi connectivity index (χ4v) is 2.26. The minimum atomic E-state index is -0.965. The number of carboxylic acids is 1. The topological polar surface area (TPSA) is 63.3 Å². The molecular formula is C7H8BrNO2S. The van der Waals surface area contributed by atoms with Gasteiger partial charge in [-0.3, -0.25) is 4.79 Å². The number of nitrogens with two attached hydrogens (primary N) is 1. The summed E-state index contributed by atoms with van der Waals surface area (Å²) in [7, 11) is 0. The summed E-state index contributed by atoms with van der Waals surface area (Å²) < 4.78 is 0.934. The maximum absolute atomic E-state index is 10.4. The highest BCUT2D eigenvalue weighted by Gasteiger charge is 2.13. The first-order valence-corrected chi connectivity index (χ1v) is 5.04. The molecule has 5 heteroatoms. The van der Waals surface area contributed by atoms with E-state index >= 15 is 0 Å². The Labute approximate surface area is 82.3 Å². The summed E-state index contributed by atoms with van der Waals surface area (Å²) in [6.45, 7) is 0. The monoisotopic (exact) mass is 249 g/mol. The number of carbonyl (C=O) groups is 1. The lowest BCUT2D eigenvalue weighted by molar-refractivity contribution is -0.138. The number of carboxylic acid groups (broad SMARTS) is 1. The van der Waals surface area contributed by atoms with Crippen LogP contribution < -0.4 is 5.73 Å². The largest absolute Gasteiger partial charge is 0.480 e. The normalized spacial score (nSPS) is 12.8. The average molecular weight is 250 g/mol. The maximum Gasteiger partial charge on any atom is 0.320 e. The summed E-state index contributed by atoms with van der Waals surface area (Å²) in [5.74, 6) is -0.965. The van der Waals surface area contributed by atoms with Crippen LogP contribution in [0.4, 0.5) is 0 Å². The second-order valence-corrected chi connectivity index (χ2v) is 3.99. The molecular weight excluding hydrogens is 242 g/mol. The van der Waals surface area contributed by atoms with Crippen molar-refractivity contribution in [2.75, 3.05) is 0 Å². The molecule has 0 aromatic carbocycles. The number of halogens is 1. The van der Waals surface area contributed by atoms with Gasteiger partial charge in [0, 0.05) is 16.3 Å². The third-order valence-corrected chi connectivity index (χ3v) is 3.28. The van der Waals surface area contributed by atoms with E-state index in [1.54, 1.807) is 0 Å². The van der Waals surface area contributed by atoms with E-state index in [1.165, 1.54) is 11.3 Å². The van der Waals surface area contributed by atoms with E-state index < -0.39 is 12.0 Å². The van der Waals surface area contributed by atoms with Gasteiger partial charge in [-0.25, -0.2) is 0 Å². The van der Waals surface area contributed by atoms with Crippen LogP contribution >= 0.6 is 27.3 Å². The molecule has 3 nitrogen and oxygen atoms in total. The molecule has 1 rings (SSSR count). The van der Waals surface area contributed by atoms with E-state index in [0.29, 0.717) is 6.42 Å². The Morgan fingerprint density at radius 2 is 2.42 bits per heavy atom. The lowest BCUT2D eigenvalue weighted by Crippen LogP contribution is -2.32. The van der Waals surface area contributed by atoms with Gasteiger partial charge < -0.3 is 10.8 Å². The van der Waals surface area contributed by atoms with Crippen LogP contribution in [-0.2, 0) is 11.2 Å². The summed E-state index contributed by atoms with van der Waals surface area (Å²) in [5, 5.41) is 12.3. The third-order valence-electron chi connectivity index (χ3n) is 1.45. The Kier molecular flexibility index (Phi) is 3.25. The van der Waals surface area contributed by atoms with Crippen LogP contribution in [0.15, 0.2) is 15.2 Å². The summed E-state index contributed by atoms with van der Waals surface area (Å²) in [6.07, 6.45) is 0.374. The van der Waals surface area contributed by atoms with E-state index in [-0.39, 0.29) is 0 Å². The Balaban J connectivity index is 2.64. The van der Waals surface area contributed by atoms with Crippen molar-refractivity contribution >= 4 is 33.2 Å². The van der Waals surface area contributed by atoms with Crippen molar-refractivity contribution in [1.82, 2.24) is 0 Å². The van der Waals surface area contributed by atoms with Gasteiger partial charge in [-0.05, 0) is 26.9 Å². The number of rotatable bonds is 3. The number of thiophene rings is 1. The Morgan fingerprint density at radius 3 is 2.83 bits per heavy atom. The molecule has 0 aliphatic carbocycles. The molecule has 0 fully saturated rings. The molecule has 66 valence electrons. The van der Waals surface area contributed by atoms with Crippen LogP contribution in [0, 0.1) is 0 Å². The Morgan fingerprint density at radius 1 is 1.75 bits per heavy atom. The molecule has 0 aliphatic rings. The van der Waals surface area contributed by atoms with Crippen molar-refractivity contribution in [2.24, 2.45) is 5.73 Å². The van der Waals surface area contributed by atoms with Crippen LogP contribution in [0.25, 0.3) is 0 Å². The van der Waals surface area contributed by atoms with E-state index in [4.69, 9.17) is 10.8 Å². The van der Waals surface area contributed by atoms with Crippen LogP contribution in [0.5, 0.6) is 0 Å². The second-order valence-electron chi connectivity index (χ2n) is 2.39. The summed E-state index contributed by atoms with van der Waals surface area (Å²) >= 11 is 4.83. The van der Waals surface area contributed by atoms with Crippen molar-refractivity contribution in [1.29, 1.82) is 0 Å². The van der Waals surface area contributed by atoms with Crippen molar-refractivity contribution < 1.29 is 9.90 Å². The maximum atomic E-state index is 10.4. The zero-order valence-corrected chi connectivity index (χ0v) is 8.56. The molecule has 1 heterocycles. The summed E-state index contributed by atoms with van der Waals surface area (Å²) in [6, 6.07) is -0.809. The standard InChI is InChI=1S/C7H8BrNO2S/c8-5-3-12-2-4(5)1-6(9)7(10)11/h2-3,6H,1,9H2,(H,10,11)/t6-/m1/s1. The predicted octanol–water partition coefficient (Wildman–Crippen LogP) is 1.47. The highest BCUT2D eigenvalue weighted by Crippen LogP contribution is 2.22. The predicted molar refractivity (Wildman–Crippen MR) is 51.3 cm³/mol. The van der Waals surface area contributed by atoms with Crippen molar-refractivity contribution in [3.63, 3.8) is 0 Å². The fourth-order valence-electron chi connectivity index (χ4n) is 0.778. The molecule has 0 unspecified atom stereocenters. The number of aliphatic carboxylic acids is 1. The van der Waals surface area contributed by atoms with Crippen LogP contribution in [0.1, 0.15) is 5.56 Å². The quantitative estimate of drug-likeness (QED) is 0.853. The molecule has 0 saturated heterocycles. The number of hydrogen-bond donors (Lipinski definition) is 2. The molecule has 1 aromatic rings. The molecule has 0 saturated carbocycles. The Bertz CT molecular complexity index is 287. The van der Waals surface area contributed by atoms with E-state index in [0.717, 1.165) is 10.0 Å². The van der Waals surface area contributed by atoms with Crippen molar-refractivity contribution in [3.05, 3.63) is 20.8 Å². The van der Waals surface area contributed by atoms with Crippen LogP contribution in [-0.4, -0.2) is 17.1 Å². The molecule has 0 bridgehead atoms. The van der Waals surface area contributed by atoms with Gasteiger partial charge in [-0.15, -0.1) is 0 Å². The first-order valence-electron chi connectivity index (χ1n) is 3.30. The van der Waals surface area contributed by atoms with Gasteiger partial charge in [0.2, 0.25) is 0 Å². The summed E-state index contributed by atoms with van der Waals surface area (Å²) in [5.41, 5.74) is 6.31. The molecule has 0 radical (unpaired) electrons. The lowest BCUT2D eigenvalue weighted by Gasteiger charge is -2.04. The molecule has 1 aromatic heterocycles. The zero-order valence-electron chi connectivity index (χ0n) is 6.16. The SMILES string of the molecule is N[C@H](Cc1cscc1Br)C(=O)O. The first kappa shape index (κ1) is 9.70. The van der Waals surface area contributed by atoms with Gasteiger partial charge in [0.25, 0.3) is 0 Å². The van der Waals surface area contributed by atoms with Crippen molar-refractivity contribution in [2.45, 2.75) is 12.5 Å². The molecule has 1 atom stereocenters. The Hall–Kier alpha value is -0.390. The van der Waals surface area contributed by atoms with Crippen molar-refractivity contribution in [3.8, 4) is 0 Å². The minimum absolute atomic E-state index is 0.374. The minimum Gasteiger partial charge on any atom is -0.480 e. The molecule has 0 aliphatic heterocycles. The summed E-state index contributed by atoms with van der Waals surface area (Å²) in [4.78, 5) is 10.4. The van der Waals surface area contributed by atoms with Crippen LogP contribution in [0.3, 0.4) is 0 Å². The molecule has 0 amide bonds. The van der Waals surface area contributed by atoms with E-state index in [1.807, 2.05) is 10.8 Å². The van der Waals surface area contributed by atoms with E-state index in [9.17, 15) is 4.79 Å². The lowest BCUT2D eigenvalue weighted by atomic mass is 10.1. The fraction of sp³-hybridized carbons (Fsp3) is 0.286. The van der Waals surface area contributed by atoms with E-state index in [2.05, 4.69) is 15.9 Å². The average Bonchev–Trinajstić information content (AvgIpc) is 2.36. The third kappa shape index (κ3) is 2.30. The highest BCUT2D eigenvalue weighted by atomic mass is 79.9. The first-order chi connectivity index (χ1) is 5.61. The molecule has 3 N–H and O–H groups in total.